The molecule has 2 fully saturated rings. The quantitative estimate of drug-likeness (QED) is 0.829. The number of piperazine rings is 1. The second-order valence-corrected chi connectivity index (χ2v) is 6.41. The molecule has 2 aliphatic heterocycles. The molecule has 0 aliphatic carbocycles. The second-order valence-electron chi connectivity index (χ2n) is 6.41. The number of benzene rings is 1. The largest absolute Gasteiger partial charge is 0.378 e. The van der Waals surface area contributed by atoms with Gasteiger partial charge in [0.05, 0.1) is 13.2 Å². The SMILES string of the molecule is O=C(c1cc(N2CCOCC2)on1)N1CCN(c2ccc(F)cc2)CC1. The molecule has 1 aromatic carbocycles. The summed E-state index contributed by atoms with van der Waals surface area (Å²) in [5.41, 5.74) is 1.30. The summed E-state index contributed by atoms with van der Waals surface area (Å²) in [6.45, 7) is 5.35. The van der Waals surface area contributed by atoms with Crippen molar-refractivity contribution in [2.45, 2.75) is 0 Å². The van der Waals surface area contributed by atoms with Crippen LogP contribution in [-0.2, 0) is 4.74 Å². The Labute approximate surface area is 150 Å². The van der Waals surface area contributed by atoms with Gasteiger partial charge in [0, 0.05) is 51.0 Å². The van der Waals surface area contributed by atoms with Crippen molar-refractivity contribution in [3.05, 3.63) is 41.8 Å². The standard InChI is InChI=1S/C18H21FN4O3/c19-14-1-3-15(4-2-14)21-5-7-23(8-6-21)18(24)16-13-17(26-20-16)22-9-11-25-12-10-22/h1-4,13H,5-12H2. The van der Waals surface area contributed by atoms with Gasteiger partial charge in [-0.1, -0.05) is 5.16 Å². The van der Waals surface area contributed by atoms with E-state index in [4.69, 9.17) is 9.26 Å². The average molecular weight is 360 g/mol. The van der Waals surface area contributed by atoms with Crippen LogP contribution in [0, 0.1) is 5.82 Å². The smallest absolute Gasteiger partial charge is 0.276 e. The lowest BCUT2D eigenvalue weighted by atomic mass is 10.2. The van der Waals surface area contributed by atoms with Crippen molar-refractivity contribution in [3.63, 3.8) is 0 Å². The molecule has 2 aromatic rings. The predicted molar refractivity (Wildman–Crippen MR) is 94.1 cm³/mol. The lowest BCUT2D eigenvalue weighted by Crippen LogP contribution is -2.48. The van der Waals surface area contributed by atoms with Gasteiger partial charge in [-0.25, -0.2) is 4.39 Å². The number of hydrogen-bond donors (Lipinski definition) is 0. The number of carbonyl (C=O) groups excluding carboxylic acids is 1. The highest BCUT2D eigenvalue weighted by atomic mass is 19.1. The molecule has 2 aliphatic rings. The number of carbonyl (C=O) groups is 1. The molecule has 0 saturated carbocycles. The molecule has 0 atom stereocenters. The van der Waals surface area contributed by atoms with Crippen LogP contribution < -0.4 is 9.80 Å². The van der Waals surface area contributed by atoms with Gasteiger partial charge in [-0.15, -0.1) is 0 Å². The fourth-order valence-electron chi connectivity index (χ4n) is 3.28. The number of halogens is 1. The molecule has 8 heteroatoms. The van der Waals surface area contributed by atoms with Gasteiger partial charge in [0.1, 0.15) is 5.82 Å². The van der Waals surface area contributed by atoms with Gasteiger partial charge in [0.2, 0.25) is 5.88 Å². The topological polar surface area (TPSA) is 62.1 Å². The Morgan fingerprint density at radius 3 is 2.35 bits per heavy atom. The normalized spacial score (nSPS) is 18.3. The highest BCUT2D eigenvalue weighted by molar-refractivity contribution is 5.93. The molecule has 4 rings (SSSR count). The molecule has 1 aromatic heterocycles. The van der Waals surface area contributed by atoms with Gasteiger partial charge in [-0.05, 0) is 24.3 Å². The minimum Gasteiger partial charge on any atom is -0.378 e. The van der Waals surface area contributed by atoms with E-state index >= 15 is 0 Å². The molecule has 0 spiro atoms. The van der Waals surface area contributed by atoms with Crippen LogP contribution in [0.3, 0.4) is 0 Å². The van der Waals surface area contributed by atoms with Crippen molar-refractivity contribution in [1.29, 1.82) is 0 Å². The number of amides is 1. The summed E-state index contributed by atoms with van der Waals surface area (Å²) in [6.07, 6.45) is 0. The van der Waals surface area contributed by atoms with E-state index in [0.717, 1.165) is 18.8 Å². The van der Waals surface area contributed by atoms with E-state index in [1.807, 2.05) is 4.90 Å². The molecular formula is C18H21FN4O3. The van der Waals surface area contributed by atoms with Crippen LogP contribution in [0.5, 0.6) is 0 Å². The maximum Gasteiger partial charge on any atom is 0.276 e. The van der Waals surface area contributed by atoms with Crippen molar-refractivity contribution in [1.82, 2.24) is 10.1 Å². The Hall–Kier alpha value is -2.61. The highest BCUT2D eigenvalue weighted by Gasteiger charge is 2.26. The van der Waals surface area contributed by atoms with Crippen molar-refractivity contribution in [3.8, 4) is 0 Å². The van der Waals surface area contributed by atoms with Crippen LogP contribution in [-0.4, -0.2) is 68.4 Å². The third-order valence-corrected chi connectivity index (χ3v) is 4.80. The lowest BCUT2D eigenvalue weighted by molar-refractivity contribution is 0.0736. The zero-order valence-electron chi connectivity index (χ0n) is 14.4. The summed E-state index contributed by atoms with van der Waals surface area (Å²) in [5, 5.41) is 3.95. The average Bonchev–Trinajstić information content (AvgIpc) is 3.19. The third-order valence-electron chi connectivity index (χ3n) is 4.80. The van der Waals surface area contributed by atoms with Crippen LogP contribution >= 0.6 is 0 Å². The zero-order valence-corrected chi connectivity index (χ0v) is 14.4. The molecule has 26 heavy (non-hydrogen) atoms. The van der Waals surface area contributed by atoms with Crippen LogP contribution in [0.25, 0.3) is 0 Å². The van der Waals surface area contributed by atoms with Gasteiger partial charge >= 0.3 is 0 Å². The molecule has 138 valence electrons. The fourth-order valence-corrected chi connectivity index (χ4v) is 3.28. The maximum atomic E-state index is 13.0. The first-order valence-corrected chi connectivity index (χ1v) is 8.80. The molecule has 2 saturated heterocycles. The Morgan fingerprint density at radius 1 is 0.962 bits per heavy atom. The van der Waals surface area contributed by atoms with E-state index in [9.17, 15) is 9.18 Å². The van der Waals surface area contributed by atoms with Crippen molar-refractivity contribution >= 4 is 17.5 Å². The van der Waals surface area contributed by atoms with E-state index in [0.29, 0.717) is 51.0 Å². The first-order valence-electron chi connectivity index (χ1n) is 8.80. The number of anilines is 2. The van der Waals surface area contributed by atoms with E-state index in [1.54, 1.807) is 23.1 Å². The van der Waals surface area contributed by atoms with Crippen LogP contribution in [0.4, 0.5) is 16.0 Å². The number of aromatic nitrogens is 1. The van der Waals surface area contributed by atoms with Gasteiger partial charge in [-0.2, -0.15) is 0 Å². The molecule has 1 amide bonds. The Morgan fingerprint density at radius 2 is 1.65 bits per heavy atom. The predicted octanol–water partition coefficient (Wildman–Crippen LogP) is 1.61. The summed E-state index contributed by atoms with van der Waals surface area (Å²) in [4.78, 5) is 18.6. The Balaban J connectivity index is 1.36. The number of nitrogens with zero attached hydrogens (tertiary/aromatic N) is 4. The summed E-state index contributed by atoms with van der Waals surface area (Å²) >= 11 is 0. The number of morpholine rings is 1. The van der Waals surface area contributed by atoms with Crippen molar-refractivity contribution in [2.75, 3.05) is 62.3 Å². The summed E-state index contributed by atoms with van der Waals surface area (Å²) in [7, 11) is 0. The second kappa shape index (κ2) is 7.33. The molecule has 0 N–H and O–H groups in total. The van der Waals surface area contributed by atoms with E-state index in [-0.39, 0.29) is 11.7 Å². The van der Waals surface area contributed by atoms with E-state index < -0.39 is 0 Å². The molecular weight excluding hydrogens is 339 g/mol. The first kappa shape index (κ1) is 16.8. The first-order chi connectivity index (χ1) is 12.7. The van der Waals surface area contributed by atoms with Crippen LogP contribution in [0.15, 0.2) is 34.9 Å². The summed E-state index contributed by atoms with van der Waals surface area (Å²) in [5.74, 6) is 0.248. The van der Waals surface area contributed by atoms with Gasteiger partial charge in [0.15, 0.2) is 5.69 Å². The molecule has 0 radical (unpaired) electrons. The van der Waals surface area contributed by atoms with Gasteiger partial charge in [-0.3, -0.25) is 4.79 Å². The zero-order chi connectivity index (χ0) is 17.9. The molecule has 0 unspecified atom stereocenters. The Kier molecular flexibility index (Phi) is 4.75. The number of ether oxygens (including phenoxy) is 1. The minimum absolute atomic E-state index is 0.119. The minimum atomic E-state index is -0.246. The van der Waals surface area contributed by atoms with E-state index in [1.165, 1.54) is 12.1 Å². The fraction of sp³-hybridized carbons (Fsp3) is 0.444. The van der Waals surface area contributed by atoms with Crippen LogP contribution in [0.1, 0.15) is 10.5 Å². The molecule has 0 bridgehead atoms. The third kappa shape index (κ3) is 3.50. The van der Waals surface area contributed by atoms with Gasteiger partial charge in [0.25, 0.3) is 5.91 Å². The monoisotopic (exact) mass is 360 g/mol. The molecule has 7 nitrogen and oxygen atoms in total. The maximum absolute atomic E-state index is 13.0. The van der Waals surface area contributed by atoms with E-state index in [2.05, 4.69) is 10.1 Å². The summed E-state index contributed by atoms with van der Waals surface area (Å²) in [6, 6.07) is 8.14. The van der Waals surface area contributed by atoms with Crippen molar-refractivity contribution in [2.24, 2.45) is 0 Å². The Bertz CT molecular complexity index is 750. The van der Waals surface area contributed by atoms with Crippen molar-refractivity contribution < 1.29 is 18.4 Å². The number of rotatable bonds is 3. The number of hydrogen-bond acceptors (Lipinski definition) is 6. The van der Waals surface area contributed by atoms with Gasteiger partial charge < -0.3 is 24.0 Å². The highest BCUT2D eigenvalue weighted by Crippen LogP contribution is 2.20. The lowest BCUT2D eigenvalue weighted by Gasteiger charge is -2.35. The summed E-state index contributed by atoms with van der Waals surface area (Å²) < 4.78 is 23.7. The molecule has 3 heterocycles. The van der Waals surface area contributed by atoms with Crippen LogP contribution in [0.2, 0.25) is 0 Å².